The quantitative estimate of drug-likeness (QED) is 0.228. The largest absolute Gasteiger partial charge is 0.474 e. The maximum atomic E-state index is 8.97. The molecule has 7 nitrogen and oxygen atoms in total. The zero-order chi connectivity index (χ0) is 23.0. The number of ether oxygens (including phenoxy) is 1. The first kappa shape index (κ1) is 29.8. The summed E-state index contributed by atoms with van der Waals surface area (Å²) in [4.78, 5) is 0. The van der Waals surface area contributed by atoms with Gasteiger partial charge >= 0.3 is 0 Å². The zero-order valence-corrected chi connectivity index (χ0v) is 19.4. The maximum Gasteiger partial charge on any atom is 0.111 e. The molecule has 0 aromatic rings. The van der Waals surface area contributed by atoms with Crippen LogP contribution < -0.4 is 0 Å². The summed E-state index contributed by atoms with van der Waals surface area (Å²) in [7, 11) is 0. The highest BCUT2D eigenvalue weighted by atomic mass is 35.5. The first-order chi connectivity index (χ1) is 13.3. The number of alkyl halides is 6. The Bertz CT molecular complexity index is 345. The molecule has 6 N–H and O–H groups in total. The first-order valence-electron chi connectivity index (χ1n) is 8.15. The molecule has 29 heavy (non-hydrogen) atoms. The summed E-state index contributed by atoms with van der Waals surface area (Å²) >= 11 is 35.3. The van der Waals surface area contributed by atoms with Gasteiger partial charge in [-0.15, -0.1) is 69.6 Å². The monoisotopic (exact) mass is 538 g/mol. The van der Waals surface area contributed by atoms with Gasteiger partial charge in [-0.1, -0.05) is 13.2 Å². The lowest BCUT2D eigenvalue weighted by Gasteiger charge is -2.39. The van der Waals surface area contributed by atoms with E-state index >= 15 is 0 Å². The molecule has 0 aliphatic heterocycles. The highest BCUT2D eigenvalue weighted by molar-refractivity contribution is 6.45. The van der Waals surface area contributed by atoms with Crippen molar-refractivity contribution in [3.05, 3.63) is 25.7 Å². The Balaban J connectivity index is 0.000000442. The van der Waals surface area contributed by atoms with E-state index in [-0.39, 0.29) is 0 Å². The van der Waals surface area contributed by atoms with Crippen LogP contribution in [0.15, 0.2) is 25.7 Å². The summed E-state index contributed by atoms with van der Waals surface area (Å²) in [5.74, 6) is 0. The molecule has 0 amide bonds. The number of halogens is 6. The minimum atomic E-state index is -1.64. The van der Waals surface area contributed by atoms with Crippen LogP contribution in [0.25, 0.3) is 0 Å². The van der Waals surface area contributed by atoms with Gasteiger partial charge in [-0.05, 0) is 0 Å². The number of hydrogen-bond acceptors (Lipinski definition) is 7. The van der Waals surface area contributed by atoms with E-state index in [1.807, 2.05) is 0 Å². The van der Waals surface area contributed by atoms with Crippen molar-refractivity contribution in [3.63, 3.8) is 0 Å². The first-order valence-corrected chi connectivity index (χ1v) is 10.8. The third-order valence-electron chi connectivity index (χ3n) is 4.12. The molecule has 2 aliphatic rings. The van der Waals surface area contributed by atoms with Crippen LogP contribution in [-0.2, 0) is 4.74 Å². The topological polar surface area (TPSA) is 131 Å². The van der Waals surface area contributed by atoms with Gasteiger partial charge in [0.2, 0.25) is 0 Å². The number of aliphatic hydroxyl groups excluding tert-OH is 6. The molecule has 172 valence electrons. The Kier molecular flexibility index (Phi) is 14.4. The van der Waals surface area contributed by atoms with E-state index in [4.69, 9.17) is 100 Å². The van der Waals surface area contributed by atoms with E-state index < -0.39 is 68.9 Å². The van der Waals surface area contributed by atoms with Crippen LogP contribution in [0.5, 0.6) is 0 Å². The van der Waals surface area contributed by atoms with Gasteiger partial charge in [0.15, 0.2) is 0 Å². The molecule has 2 aliphatic carbocycles. The average Bonchev–Trinajstić information content (AvgIpc) is 2.72. The smallest absolute Gasteiger partial charge is 0.111 e. The standard InChI is InChI=1S/C6H6Cl6.C6H12O6.C4H6O/c2*7-1-2(8)4(10)6(12)5(11)3(1)9;1-3-5-4-2/h1-6H;1-12H;3-4H,1-2H2. The second-order valence-electron chi connectivity index (χ2n) is 6.08. The lowest BCUT2D eigenvalue weighted by Crippen LogP contribution is -2.63. The van der Waals surface area contributed by atoms with Crippen LogP contribution in [0.2, 0.25) is 0 Å². The summed E-state index contributed by atoms with van der Waals surface area (Å²) in [5, 5.41) is 51.2. The van der Waals surface area contributed by atoms with Crippen LogP contribution in [0.4, 0.5) is 0 Å². The lowest BCUT2D eigenvalue weighted by molar-refractivity contribution is -0.223. The van der Waals surface area contributed by atoms with E-state index in [9.17, 15) is 0 Å². The molecule has 0 aromatic heterocycles. The SMILES string of the molecule is C=COC=C.ClC1C(Cl)C(Cl)C(Cl)C(Cl)C1Cl.OC1C(O)C(O)C(O)C(O)C1O. The van der Waals surface area contributed by atoms with Gasteiger partial charge in [-0.3, -0.25) is 0 Å². The lowest BCUT2D eigenvalue weighted by atomic mass is 9.85. The Hall–Kier alpha value is 0.780. The fourth-order valence-corrected chi connectivity index (χ4v) is 4.66. The molecule has 2 rings (SSSR count). The maximum absolute atomic E-state index is 8.97. The molecule has 0 heterocycles. The van der Waals surface area contributed by atoms with Crippen LogP contribution in [0.1, 0.15) is 0 Å². The third kappa shape index (κ3) is 8.00. The zero-order valence-electron chi connectivity index (χ0n) is 14.9. The van der Waals surface area contributed by atoms with Crippen molar-refractivity contribution in [1.29, 1.82) is 0 Å². The van der Waals surface area contributed by atoms with Crippen molar-refractivity contribution in [3.8, 4) is 0 Å². The highest BCUT2D eigenvalue weighted by Crippen LogP contribution is 2.39. The van der Waals surface area contributed by atoms with Crippen molar-refractivity contribution in [2.45, 2.75) is 68.9 Å². The summed E-state index contributed by atoms with van der Waals surface area (Å²) in [6.45, 7) is 6.51. The molecular formula is C16H24Cl6O7. The third-order valence-corrected chi connectivity index (χ3v) is 8.15. The van der Waals surface area contributed by atoms with E-state index in [0.29, 0.717) is 0 Å². The van der Waals surface area contributed by atoms with E-state index in [0.717, 1.165) is 0 Å². The molecule has 0 radical (unpaired) electrons. The molecule has 0 bridgehead atoms. The van der Waals surface area contributed by atoms with Crippen molar-refractivity contribution in [2.24, 2.45) is 0 Å². The molecule has 0 aromatic carbocycles. The van der Waals surface area contributed by atoms with Gasteiger partial charge in [0.25, 0.3) is 0 Å². The fraction of sp³-hybridized carbons (Fsp3) is 0.750. The Morgan fingerprint density at radius 3 is 0.655 bits per heavy atom. The normalized spacial score (nSPS) is 46.9. The molecule has 13 heteroatoms. The summed E-state index contributed by atoms with van der Waals surface area (Å²) < 4.78 is 4.36. The van der Waals surface area contributed by atoms with Gasteiger partial charge in [0, 0.05) is 0 Å². The minimum Gasteiger partial charge on any atom is -0.474 e. The van der Waals surface area contributed by atoms with Crippen LogP contribution in [0, 0.1) is 0 Å². The molecule has 0 atom stereocenters. The predicted octanol–water partition coefficient (Wildman–Crippen LogP) is 1.10. The Morgan fingerprint density at radius 2 is 0.586 bits per heavy atom. The fourth-order valence-electron chi connectivity index (χ4n) is 2.33. The molecule has 2 saturated carbocycles. The van der Waals surface area contributed by atoms with Crippen LogP contribution >= 0.6 is 69.6 Å². The number of rotatable bonds is 2. The summed E-state index contributed by atoms with van der Waals surface area (Å²) in [5.41, 5.74) is 0. The Morgan fingerprint density at radius 1 is 0.448 bits per heavy atom. The van der Waals surface area contributed by atoms with Gasteiger partial charge in [0.05, 0.1) is 44.8 Å². The van der Waals surface area contributed by atoms with Crippen molar-refractivity contribution >= 4 is 69.6 Å². The second-order valence-corrected chi connectivity index (χ2v) is 9.10. The predicted molar refractivity (Wildman–Crippen MR) is 115 cm³/mol. The van der Waals surface area contributed by atoms with E-state index in [1.54, 1.807) is 0 Å². The Labute approximate surface area is 199 Å². The van der Waals surface area contributed by atoms with Gasteiger partial charge in [-0.25, -0.2) is 0 Å². The van der Waals surface area contributed by atoms with Gasteiger partial charge in [0.1, 0.15) is 36.6 Å². The van der Waals surface area contributed by atoms with E-state index in [1.165, 1.54) is 12.5 Å². The molecular weight excluding hydrogens is 517 g/mol. The van der Waals surface area contributed by atoms with E-state index in [2.05, 4.69) is 17.9 Å². The van der Waals surface area contributed by atoms with Gasteiger partial charge in [-0.2, -0.15) is 0 Å². The average molecular weight is 541 g/mol. The minimum absolute atomic E-state index is 0.437. The molecule has 0 spiro atoms. The van der Waals surface area contributed by atoms with Crippen molar-refractivity contribution < 1.29 is 35.4 Å². The summed E-state index contributed by atoms with van der Waals surface area (Å²) in [6.07, 6.45) is -7.22. The highest BCUT2D eigenvalue weighted by Gasteiger charge is 2.48. The van der Waals surface area contributed by atoms with Crippen molar-refractivity contribution in [2.75, 3.05) is 0 Å². The van der Waals surface area contributed by atoms with Gasteiger partial charge < -0.3 is 35.4 Å². The molecule has 0 unspecified atom stereocenters. The number of hydrogen-bond donors (Lipinski definition) is 6. The number of aliphatic hydroxyl groups is 6. The molecule has 0 saturated heterocycles. The second kappa shape index (κ2) is 14.0. The molecule has 2 fully saturated rings. The van der Waals surface area contributed by atoms with Crippen LogP contribution in [-0.4, -0.2) is 99.5 Å². The van der Waals surface area contributed by atoms with Crippen LogP contribution in [0.3, 0.4) is 0 Å². The summed E-state index contributed by atoms with van der Waals surface area (Å²) in [6, 6.07) is 0. The van der Waals surface area contributed by atoms with Crippen molar-refractivity contribution in [1.82, 2.24) is 0 Å².